The molecule has 0 spiro atoms. The van der Waals surface area contributed by atoms with Crippen LogP contribution in [0.25, 0.3) is 0 Å². The molecule has 132 valence electrons. The SMILES string of the molecule is Cc1ccc(CNC(=O)C(=O)NCC2(c3ccsc3)CCCC2)cc1. The molecule has 0 bridgehead atoms. The quantitative estimate of drug-likeness (QED) is 0.808. The molecule has 0 atom stereocenters. The number of benzene rings is 1. The summed E-state index contributed by atoms with van der Waals surface area (Å²) in [7, 11) is 0. The molecule has 0 radical (unpaired) electrons. The molecule has 1 heterocycles. The highest BCUT2D eigenvalue weighted by molar-refractivity contribution is 7.08. The van der Waals surface area contributed by atoms with Crippen molar-refractivity contribution in [3.63, 3.8) is 0 Å². The Labute approximate surface area is 152 Å². The van der Waals surface area contributed by atoms with Crippen LogP contribution in [0.5, 0.6) is 0 Å². The number of hydrogen-bond donors (Lipinski definition) is 2. The average Bonchev–Trinajstić information content (AvgIpc) is 3.31. The number of hydrogen-bond acceptors (Lipinski definition) is 3. The van der Waals surface area contributed by atoms with Gasteiger partial charge in [-0.1, -0.05) is 42.7 Å². The Balaban J connectivity index is 1.52. The van der Waals surface area contributed by atoms with E-state index in [9.17, 15) is 9.59 Å². The summed E-state index contributed by atoms with van der Waals surface area (Å²) in [5, 5.41) is 9.78. The molecule has 2 aromatic rings. The average molecular weight is 356 g/mol. The maximum absolute atomic E-state index is 12.2. The van der Waals surface area contributed by atoms with Gasteiger partial charge in [-0.15, -0.1) is 0 Å². The largest absolute Gasteiger partial charge is 0.347 e. The molecule has 1 aromatic heterocycles. The number of aryl methyl sites for hydroxylation is 1. The molecule has 2 amide bonds. The van der Waals surface area contributed by atoms with Gasteiger partial charge in [0.2, 0.25) is 0 Å². The molecule has 1 saturated carbocycles. The van der Waals surface area contributed by atoms with Crippen molar-refractivity contribution in [3.8, 4) is 0 Å². The van der Waals surface area contributed by atoms with Gasteiger partial charge in [0.25, 0.3) is 0 Å². The molecule has 0 unspecified atom stereocenters. The topological polar surface area (TPSA) is 58.2 Å². The Morgan fingerprint density at radius 2 is 1.72 bits per heavy atom. The van der Waals surface area contributed by atoms with Crippen LogP contribution in [0.1, 0.15) is 42.4 Å². The maximum Gasteiger partial charge on any atom is 0.309 e. The zero-order valence-corrected chi connectivity index (χ0v) is 15.3. The van der Waals surface area contributed by atoms with Crippen LogP contribution in [0.2, 0.25) is 0 Å². The van der Waals surface area contributed by atoms with Crippen molar-refractivity contribution < 1.29 is 9.59 Å². The lowest BCUT2D eigenvalue weighted by atomic mass is 9.80. The normalized spacial score (nSPS) is 15.7. The Morgan fingerprint density at radius 1 is 1.04 bits per heavy atom. The van der Waals surface area contributed by atoms with Crippen LogP contribution in [-0.4, -0.2) is 18.4 Å². The smallest absolute Gasteiger partial charge is 0.309 e. The second-order valence-corrected chi connectivity index (χ2v) is 7.63. The predicted molar refractivity (Wildman–Crippen MR) is 101 cm³/mol. The van der Waals surface area contributed by atoms with E-state index in [0.29, 0.717) is 13.1 Å². The minimum Gasteiger partial charge on any atom is -0.347 e. The van der Waals surface area contributed by atoms with Gasteiger partial charge in [0, 0.05) is 18.5 Å². The van der Waals surface area contributed by atoms with Gasteiger partial charge >= 0.3 is 11.8 Å². The van der Waals surface area contributed by atoms with Gasteiger partial charge < -0.3 is 10.6 Å². The minimum atomic E-state index is -0.570. The van der Waals surface area contributed by atoms with Crippen LogP contribution in [0.4, 0.5) is 0 Å². The fourth-order valence-electron chi connectivity index (χ4n) is 3.48. The highest BCUT2D eigenvalue weighted by atomic mass is 32.1. The van der Waals surface area contributed by atoms with E-state index in [1.165, 1.54) is 24.0 Å². The first-order valence-corrected chi connectivity index (χ1v) is 9.68. The first-order valence-electron chi connectivity index (χ1n) is 8.73. The lowest BCUT2D eigenvalue weighted by molar-refractivity contribution is -0.139. The molecular weight excluding hydrogens is 332 g/mol. The van der Waals surface area contributed by atoms with Crippen LogP contribution in [0.15, 0.2) is 41.1 Å². The minimum absolute atomic E-state index is 0.00705. The second kappa shape index (κ2) is 7.83. The number of nitrogens with one attached hydrogen (secondary N) is 2. The van der Waals surface area contributed by atoms with E-state index >= 15 is 0 Å². The molecule has 0 saturated heterocycles. The standard InChI is InChI=1S/C20H24N2O2S/c1-15-4-6-16(7-5-15)12-21-18(23)19(24)22-14-20(9-2-3-10-20)17-8-11-25-13-17/h4-8,11,13H,2-3,9-10,12,14H2,1H3,(H,21,23)(H,22,24). The summed E-state index contributed by atoms with van der Waals surface area (Å²) in [5.41, 5.74) is 3.43. The summed E-state index contributed by atoms with van der Waals surface area (Å²) in [6.07, 6.45) is 4.47. The van der Waals surface area contributed by atoms with E-state index in [2.05, 4.69) is 27.5 Å². The van der Waals surface area contributed by atoms with Gasteiger partial charge in [-0.05, 0) is 47.7 Å². The summed E-state index contributed by atoms with van der Waals surface area (Å²) in [4.78, 5) is 24.2. The molecular formula is C20H24N2O2S. The molecule has 2 N–H and O–H groups in total. The predicted octanol–water partition coefficient (Wildman–Crippen LogP) is 3.30. The highest BCUT2D eigenvalue weighted by Crippen LogP contribution is 2.41. The van der Waals surface area contributed by atoms with Gasteiger partial charge in [-0.2, -0.15) is 11.3 Å². The molecule has 0 aliphatic heterocycles. The van der Waals surface area contributed by atoms with Crippen LogP contribution < -0.4 is 10.6 Å². The lowest BCUT2D eigenvalue weighted by Crippen LogP contribution is -2.45. The van der Waals surface area contributed by atoms with Crippen LogP contribution in [0.3, 0.4) is 0 Å². The molecule has 25 heavy (non-hydrogen) atoms. The first kappa shape index (κ1) is 17.7. The Morgan fingerprint density at radius 3 is 2.36 bits per heavy atom. The van der Waals surface area contributed by atoms with Gasteiger partial charge in [0.1, 0.15) is 0 Å². The van der Waals surface area contributed by atoms with Crippen molar-refractivity contribution >= 4 is 23.2 Å². The number of carbonyl (C=O) groups is 2. The molecule has 3 rings (SSSR count). The fourth-order valence-corrected chi connectivity index (χ4v) is 4.26. The van der Waals surface area contributed by atoms with Crippen molar-refractivity contribution in [2.75, 3.05) is 6.54 Å². The van der Waals surface area contributed by atoms with E-state index < -0.39 is 11.8 Å². The summed E-state index contributed by atoms with van der Waals surface area (Å²) >= 11 is 1.68. The van der Waals surface area contributed by atoms with E-state index in [-0.39, 0.29) is 5.41 Å². The van der Waals surface area contributed by atoms with Crippen molar-refractivity contribution in [1.29, 1.82) is 0 Å². The Kier molecular flexibility index (Phi) is 5.53. The zero-order valence-electron chi connectivity index (χ0n) is 14.5. The summed E-state index contributed by atoms with van der Waals surface area (Å²) in [6, 6.07) is 10.0. The molecule has 5 heteroatoms. The fraction of sp³-hybridized carbons (Fsp3) is 0.400. The van der Waals surface area contributed by atoms with Crippen molar-refractivity contribution in [2.24, 2.45) is 0 Å². The third kappa shape index (κ3) is 4.28. The van der Waals surface area contributed by atoms with Gasteiger partial charge in [-0.25, -0.2) is 0 Å². The van der Waals surface area contributed by atoms with E-state index in [1.807, 2.05) is 31.2 Å². The summed E-state index contributed by atoms with van der Waals surface area (Å²) < 4.78 is 0. The number of thiophene rings is 1. The van der Waals surface area contributed by atoms with Crippen molar-refractivity contribution in [3.05, 3.63) is 57.8 Å². The Bertz CT molecular complexity index is 717. The highest BCUT2D eigenvalue weighted by Gasteiger charge is 2.36. The molecule has 4 nitrogen and oxygen atoms in total. The van der Waals surface area contributed by atoms with Crippen molar-refractivity contribution in [1.82, 2.24) is 10.6 Å². The van der Waals surface area contributed by atoms with Crippen LogP contribution in [0, 0.1) is 6.92 Å². The number of rotatable bonds is 5. The molecule has 1 aliphatic rings. The maximum atomic E-state index is 12.2. The van der Waals surface area contributed by atoms with Gasteiger partial charge in [-0.3, -0.25) is 9.59 Å². The Hall–Kier alpha value is -2.14. The third-order valence-corrected chi connectivity index (χ3v) is 5.74. The van der Waals surface area contributed by atoms with E-state index in [0.717, 1.165) is 18.4 Å². The molecule has 1 aliphatic carbocycles. The van der Waals surface area contributed by atoms with Gasteiger partial charge in [0.05, 0.1) is 0 Å². The van der Waals surface area contributed by atoms with Crippen LogP contribution >= 0.6 is 11.3 Å². The second-order valence-electron chi connectivity index (χ2n) is 6.85. The third-order valence-electron chi connectivity index (χ3n) is 5.06. The monoisotopic (exact) mass is 356 g/mol. The molecule has 1 fully saturated rings. The number of carbonyl (C=O) groups excluding carboxylic acids is 2. The number of amides is 2. The van der Waals surface area contributed by atoms with E-state index in [1.54, 1.807) is 11.3 Å². The van der Waals surface area contributed by atoms with Crippen molar-refractivity contribution in [2.45, 2.75) is 44.6 Å². The zero-order chi connectivity index (χ0) is 17.7. The summed E-state index contributed by atoms with van der Waals surface area (Å²) in [6.45, 7) is 2.91. The first-order chi connectivity index (χ1) is 12.1. The van der Waals surface area contributed by atoms with Gasteiger partial charge in [0.15, 0.2) is 0 Å². The lowest BCUT2D eigenvalue weighted by Gasteiger charge is -2.28. The molecule has 1 aromatic carbocycles. The summed E-state index contributed by atoms with van der Waals surface area (Å²) in [5.74, 6) is -1.12. The van der Waals surface area contributed by atoms with Crippen LogP contribution in [-0.2, 0) is 21.5 Å². The van der Waals surface area contributed by atoms with E-state index in [4.69, 9.17) is 0 Å².